The second-order valence-corrected chi connectivity index (χ2v) is 13.3. The zero-order valence-corrected chi connectivity index (χ0v) is 16.2. The molecule has 0 fully saturated rings. The molecule has 1 N–H and O–H groups in total. The van der Waals surface area contributed by atoms with Crippen LogP contribution < -0.4 is 0 Å². The molecule has 0 aliphatic rings. The van der Waals surface area contributed by atoms with Crippen LogP contribution >= 0.6 is 0 Å². The third-order valence-electron chi connectivity index (χ3n) is 5.28. The minimum absolute atomic E-state index is 0.133. The predicted octanol–water partition coefficient (Wildman–Crippen LogP) is 5.51. The lowest BCUT2D eigenvalue weighted by Crippen LogP contribution is -2.44. The third-order valence-corrected chi connectivity index (χ3v) is 7.53. The van der Waals surface area contributed by atoms with Crippen LogP contribution in [0, 0.1) is 0 Å². The second-order valence-electron chi connectivity index (χ2n) is 7.98. The summed E-state index contributed by atoms with van der Waals surface area (Å²) in [7, 11) is 0.0401. The third kappa shape index (κ3) is 2.54. The first-order chi connectivity index (χ1) is 11.9. The molecule has 4 aromatic rings. The van der Waals surface area contributed by atoms with E-state index in [-0.39, 0.29) is 5.73 Å². The molecule has 0 spiro atoms. The number of methoxy groups -OCH3 is 1. The van der Waals surface area contributed by atoms with Crippen LogP contribution in [0.5, 0.6) is 0 Å². The van der Waals surface area contributed by atoms with Crippen molar-refractivity contribution < 1.29 is 9.84 Å². The normalized spacial score (nSPS) is 15.2. The van der Waals surface area contributed by atoms with Gasteiger partial charge in [0.25, 0.3) is 0 Å². The Morgan fingerprint density at radius 1 is 0.800 bits per heavy atom. The summed E-state index contributed by atoms with van der Waals surface area (Å²) in [5, 5.41) is 18.5. The van der Waals surface area contributed by atoms with E-state index in [1.165, 1.54) is 26.9 Å². The Morgan fingerprint density at radius 3 is 1.96 bits per heavy atom. The van der Waals surface area contributed by atoms with E-state index in [1.807, 2.05) is 0 Å². The molecular weight excluding hydrogens is 324 g/mol. The summed E-state index contributed by atoms with van der Waals surface area (Å²) in [5.41, 5.74) is 0.839. The van der Waals surface area contributed by atoms with Crippen molar-refractivity contribution in [2.45, 2.75) is 31.5 Å². The lowest BCUT2D eigenvalue weighted by molar-refractivity contribution is 0.0303. The van der Waals surface area contributed by atoms with Gasteiger partial charge in [-0.1, -0.05) is 74.2 Å². The molecule has 0 saturated heterocycles. The zero-order valence-electron chi connectivity index (χ0n) is 15.2. The number of rotatable bonds is 4. The van der Waals surface area contributed by atoms with Gasteiger partial charge in [-0.05, 0) is 37.9 Å². The van der Waals surface area contributed by atoms with Crippen LogP contribution in [0.3, 0.4) is 0 Å². The first-order valence-electron chi connectivity index (χ1n) is 8.79. The fourth-order valence-electron chi connectivity index (χ4n) is 4.13. The lowest BCUT2D eigenvalue weighted by Gasteiger charge is -2.32. The minimum Gasteiger partial charge on any atom is -0.386 e. The Hall–Kier alpha value is -1.94. The average Bonchev–Trinajstić information content (AvgIpc) is 2.58. The lowest BCUT2D eigenvalue weighted by atomic mass is 9.90. The molecule has 3 heteroatoms. The Bertz CT molecular complexity index is 1030. The Labute approximate surface area is 149 Å². The fourth-order valence-corrected chi connectivity index (χ4v) is 5.97. The molecule has 2 nitrogen and oxygen atoms in total. The first-order valence-corrected chi connectivity index (χ1v) is 12.4. The molecule has 2 atom stereocenters. The standard InChI is InChI=1S/C22H24O2Si/c1-24-22(25(2,3)4)21(23)18-13-11-16-9-8-14-6-5-7-15-10-12-17(18)20(16)19(14)15/h5-13,21-23H,1-4H3. The summed E-state index contributed by atoms with van der Waals surface area (Å²) in [5.74, 6) is 0. The molecule has 0 radical (unpaired) electrons. The predicted molar refractivity (Wildman–Crippen MR) is 109 cm³/mol. The maximum absolute atomic E-state index is 11.2. The molecule has 0 aromatic heterocycles. The van der Waals surface area contributed by atoms with Crippen molar-refractivity contribution in [1.82, 2.24) is 0 Å². The highest BCUT2D eigenvalue weighted by Crippen LogP contribution is 2.39. The number of aliphatic hydroxyl groups is 1. The Kier molecular flexibility index (Phi) is 3.83. The number of ether oxygens (including phenoxy) is 1. The van der Waals surface area contributed by atoms with E-state index in [4.69, 9.17) is 4.74 Å². The van der Waals surface area contributed by atoms with Gasteiger partial charge >= 0.3 is 0 Å². The van der Waals surface area contributed by atoms with Gasteiger partial charge in [0, 0.05) is 7.11 Å². The van der Waals surface area contributed by atoms with Gasteiger partial charge in [0.2, 0.25) is 0 Å². The summed E-state index contributed by atoms with van der Waals surface area (Å²) in [4.78, 5) is 0. The van der Waals surface area contributed by atoms with Crippen molar-refractivity contribution in [3.8, 4) is 0 Å². The number of hydrogen-bond donors (Lipinski definition) is 1. The van der Waals surface area contributed by atoms with Gasteiger partial charge in [0.05, 0.1) is 13.8 Å². The van der Waals surface area contributed by atoms with E-state index in [9.17, 15) is 5.11 Å². The van der Waals surface area contributed by atoms with Gasteiger partial charge < -0.3 is 9.84 Å². The molecule has 0 bridgehead atoms. The van der Waals surface area contributed by atoms with Gasteiger partial charge in [-0.3, -0.25) is 0 Å². The van der Waals surface area contributed by atoms with Crippen molar-refractivity contribution in [3.05, 3.63) is 60.2 Å². The monoisotopic (exact) mass is 348 g/mol. The largest absolute Gasteiger partial charge is 0.386 e. The van der Waals surface area contributed by atoms with Gasteiger partial charge in [0.15, 0.2) is 0 Å². The van der Waals surface area contributed by atoms with E-state index in [0.29, 0.717) is 0 Å². The average molecular weight is 349 g/mol. The van der Waals surface area contributed by atoms with Crippen molar-refractivity contribution >= 4 is 40.4 Å². The Balaban J connectivity index is 2.02. The number of aliphatic hydroxyl groups excluding tert-OH is 1. The molecular formula is C22H24O2Si. The minimum atomic E-state index is -1.67. The number of benzene rings is 4. The topological polar surface area (TPSA) is 29.5 Å². The van der Waals surface area contributed by atoms with Crippen LogP contribution in [-0.2, 0) is 4.74 Å². The molecule has 0 aliphatic heterocycles. The van der Waals surface area contributed by atoms with Crippen LogP contribution in [0.25, 0.3) is 32.3 Å². The SMILES string of the molecule is COC(C(O)c1ccc2ccc3cccc4ccc1c2c34)[Si](C)(C)C. The summed E-state index contributed by atoms with van der Waals surface area (Å²) in [6.45, 7) is 6.71. The molecule has 0 heterocycles. The number of hydrogen-bond acceptors (Lipinski definition) is 2. The van der Waals surface area contributed by atoms with E-state index in [0.717, 1.165) is 10.9 Å². The molecule has 2 unspecified atom stereocenters. The maximum atomic E-state index is 11.2. The van der Waals surface area contributed by atoms with Crippen LogP contribution in [0.4, 0.5) is 0 Å². The fraction of sp³-hybridized carbons (Fsp3) is 0.273. The highest BCUT2D eigenvalue weighted by Gasteiger charge is 2.34. The van der Waals surface area contributed by atoms with Gasteiger partial charge in [0.1, 0.15) is 6.10 Å². The van der Waals surface area contributed by atoms with Crippen LogP contribution in [-0.4, -0.2) is 26.0 Å². The van der Waals surface area contributed by atoms with Crippen LogP contribution in [0.2, 0.25) is 19.6 Å². The van der Waals surface area contributed by atoms with Crippen molar-refractivity contribution in [2.75, 3.05) is 7.11 Å². The van der Waals surface area contributed by atoms with E-state index in [1.54, 1.807) is 7.11 Å². The quantitative estimate of drug-likeness (QED) is 0.389. The first kappa shape index (κ1) is 16.5. The van der Waals surface area contributed by atoms with Crippen molar-refractivity contribution in [3.63, 3.8) is 0 Å². The highest BCUT2D eigenvalue weighted by atomic mass is 28.3. The van der Waals surface area contributed by atoms with E-state index in [2.05, 4.69) is 74.2 Å². The summed E-state index contributed by atoms with van der Waals surface area (Å²) in [6, 6.07) is 19.3. The molecule has 4 rings (SSSR count). The highest BCUT2D eigenvalue weighted by molar-refractivity contribution is 6.77. The van der Waals surface area contributed by atoms with Crippen molar-refractivity contribution in [2.24, 2.45) is 0 Å². The van der Waals surface area contributed by atoms with Gasteiger partial charge in [-0.2, -0.15) is 0 Å². The Morgan fingerprint density at radius 2 is 1.36 bits per heavy atom. The van der Waals surface area contributed by atoms with E-state index >= 15 is 0 Å². The second kappa shape index (κ2) is 5.80. The smallest absolute Gasteiger partial charge is 0.103 e. The zero-order chi connectivity index (χ0) is 17.8. The molecule has 0 saturated carbocycles. The van der Waals surface area contributed by atoms with Crippen molar-refractivity contribution in [1.29, 1.82) is 0 Å². The molecule has 0 amide bonds. The van der Waals surface area contributed by atoms with Crippen LogP contribution in [0.1, 0.15) is 11.7 Å². The van der Waals surface area contributed by atoms with Gasteiger partial charge in [-0.25, -0.2) is 0 Å². The molecule has 128 valence electrons. The molecule has 4 aromatic carbocycles. The van der Waals surface area contributed by atoms with Crippen LogP contribution in [0.15, 0.2) is 54.6 Å². The molecule has 0 aliphatic carbocycles. The van der Waals surface area contributed by atoms with Gasteiger partial charge in [-0.15, -0.1) is 0 Å². The summed E-state index contributed by atoms with van der Waals surface area (Å²) >= 11 is 0. The molecule has 25 heavy (non-hydrogen) atoms. The summed E-state index contributed by atoms with van der Waals surface area (Å²) < 4.78 is 5.73. The summed E-state index contributed by atoms with van der Waals surface area (Å²) in [6.07, 6.45) is -0.610. The van der Waals surface area contributed by atoms with E-state index < -0.39 is 14.2 Å². The maximum Gasteiger partial charge on any atom is 0.103 e.